The molecule has 8 nitrogen and oxygen atoms in total. The molecule has 1 heterocycles. The molecule has 0 aliphatic rings. The van der Waals surface area contributed by atoms with Crippen LogP contribution in [0.3, 0.4) is 0 Å². The van der Waals surface area contributed by atoms with Crippen LogP contribution in [-0.4, -0.2) is 17.4 Å². The summed E-state index contributed by atoms with van der Waals surface area (Å²) in [5, 5.41) is 12.0. The first-order valence-corrected chi connectivity index (χ1v) is 10.7. The Labute approximate surface area is 196 Å². The molecule has 0 saturated carbocycles. The minimum absolute atomic E-state index is 0.230. The fourth-order valence-electron chi connectivity index (χ4n) is 3.40. The summed E-state index contributed by atoms with van der Waals surface area (Å²) >= 11 is 0. The minimum Gasteiger partial charge on any atom is -0.380 e. The maximum atomic E-state index is 12.2. The van der Waals surface area contributed by atoms with Crippen LogP contribution in [0.4, 0.5) is 34.3 Å². The third-order valence-corrected chi connectivity index (χ3v) is 5.13. The number of carbonyl (C=O) groups is 1. The first-order valence-electron chi connectivity index (χ1n) is 10.7. The lowest BCUT2D eigenvalue weighted by Gasteiger charge is -2.16. The van der Waals surface area contributed by atoms with Crippen LogP contribution in [0.5, 0.6) is 0 Å². The van der Waals surface area contributed by atoms with E-state index in [9.17, 15) is 14.4 Å². The van der Waals surface area contributed by atoms with Crippen LogP contribution in [0.25, 0.3) is 0 Å². The third kappa shape index (κ3) is 5.18. The van der Waals surface area contributed by atoms with E-state index in [1.165, 1.54) is 6.08 Å². The van der Waals surface area contributed by atoms with E-state index in [1.807, 2.05) is 36.4 Å². The van der Waals surface area contributed by atoms with Crippen LogP contribution < -0.4 is 32.1 Å². The van der Waals surface area contributed by atoms with Crippen molar-refractivity contribution in [1.29, 1.82) is 0 Å². The van der Waals surface area contributed by atoms with E-state index in [0.29, 0.717) is 29.4 Å². The van der Waals surface area contributed by atoms with E-state index >= 15 is 0 Å². The predicted octanol–water partition coefficient (Wildman–Crippen LogP) is 3.94. The van der Waals surface area contributed by atoms with Gasteiger partial charge < -0.3 is 21.3 Å². The Hall–Kier alpha value is -4.72. The smallest absolute Gasteiger partial charge is 0.253 e. The summed E-state index contributed by atoms with van der Waals surface area (Å²) in [4.78, 5) is 40.2. The van der Waals surface area contributed by atoms with Gasteiger partial charge >= 0.3 is 0 Å². The average Bonchev–Trinajstić information content (AvgIpc) is 2.87. The molecule has 0 aliphatic heterocycles. The molecule has 4 rings (SSSR count). The molecule has 170 valence electrons. The predicted molar refractivity (Wildman–Crippen MR) is 136 cm³/mol. The van der Waals surface area contributed by atoms with Gasteiger partial charge in [0.25, 0.3) is 10.9 Å². The average molecular weight is 454 g/mol. The van der Waals surface area contributed by atoms with Gasteiger partial charge in [0.15, 0.2) is 0 Å². The van der Waals surface area contributed by atoms with Crippen molar-refractivity contribution in [2.24, 2.45) is 0 Å². The quantitative estimate of drug-likeness (QED) is 0.212. The number of nitrogens with one attached hydrogen (secondary N) is 4. The summed E-state index contributed by atoms with van der Waals surface area (Å²) in [5.74, 6) is 0.160. The summed E-state index contributed by atoms with van der Waals surface area (Å²) in [6, 6.07) is 20.5. The fourth-order valence-corrected chi connectivity index (χ4v) is 3.40. The molecule has 1 aromatic heterocycles. The molecule has 0 aliphatic carbocycles. The van der Waals surface area contributed by atoms with Crippen LogP contribution in [0, 0.1) is 0 Å². The zero-order valence-electron chi connectivity index (χ0n) is 18.3. The molecule has 1 amide bonds. The van der Waals surface area contributed by atoms with Gasteiger partial charge in [-0.15, -0.1) is 0 Å². The number of rotatable bonds is 10. The molecule has 3 aromatic carbocycles. The Bertz CT molecular complexity index is 1390. The van der Waals surface area contributed by atoms with Crippen molar-refractivity contribution in [3.05, 3.63) is 112 Å². The van der Waals surface area contributed by atoms with Crippen molar-refractivity contribution >= 4 is 40.2 Å². The summed E-state index contributed by atoms with van der Waals surface area (Å²) < 4.78 is 0. The molecular formula is C26H23N5O3. The molecule has 4 N–H and O–H groups in total. The van der Waals surface area contributed by atoms with Gasteiger partial charge in [-0.05, 0) is 36.3 Å². The highest BCUT2D eigenvalue weighted by atomic mass is 16.2. The Balaban J connectivity index is 1.45. The van der Waals surface area contributed by atoms with Gasteiger partial charge in [0.2, 0.25) is 5.91 Å². The first-order chi connectivity index (χ1) is 16.5. The third-order valence-electron chi connectivity index (χ3n) is 5.13. The zero-order valence-corrected chi connectivity index (χ0v) is 18.3. The Morgan fingerprint density at radius 2 is 1.59 bits per heavy atom. The first kappa shape index (κ1) is 22.5. The van der Waals surface area contributed by atoms with Crippen molar-refractivity contribution in [2.75, 3.05) is 27.8 Å². The van der Waals surface area contributed by atoms with Gasteiger partial charge in [0, 0.05) is 24.5 Å². The van der Waals surface area contributed by atoms with Gasteiger partial charge in [-0.1, -0.05) is 49.0 Å². The Kier molecular flexibility index (Phi) is 6.78. The van der Waals surface area contributed by atoms with Crippen molar-refractivity contribution in [1.82, 2.24) is 4.98 Å². The van der Waals surface area contributed by atoms with E-state index in [2.05, 4.69) is 32.8 Å². The number of hydrogen-bond donors (Lipinski definition) is 4. The maximum Gasteiger partial charge on any atom is 0.253 e. The molecule has 0 atom stereocenters. The largest absolute Gasteiger partial charge is 0.380 e. The fraction of sp³-hybridized carbons (Fsp3) is 0.0769. The number of nitrogens with zero attached hydrogens (tertiary/aromatic N) is 1. The van der Waals surface area contributed by atoms with Crippen LogP contribution in [0.15, 0.2) is 95.2 Å². The number of carbonyl (C=O) groups excluding carboxylic acids is 1. The highest BCUT2D eigenvalue weighted by Gasteiger charge is 2.20. The summed E-state index contributed by atoms with van der Waals surface area (Å²) in [6.07, 6.45) is 3.49. The maximum absolute atomic E-state index is 12.2. The minimum atomic E-state index is -0.564. The number of anilines is 6. The van der Waals surface area contributed by atoms with Crippen molar-refractivity contribution in [2.45, 2.75) is 6.42 Å². The van der Waals surface area contributed by atoms with E-state index in [-0.39, 0.29) is 17.3 Å². The lowest BCUT2D eigenvalue weighted by atomic mass is 10.1. The van der Waals surface area contributed by atoms with Gasteiger partial charge in [-0.25, -0.2) is 4.98 Å². The van der Waals surface area contributed by atoms with Crippen LogP contribution in [-0.2, 0) is 11.2 Å². The second-order valence-corrected chi connectivity index (χ2v) is 7.49. The second kappa shape index (κ2) is 10.3. The van der Waals surface area contributed by atoms with E-state index in [0.717, 1.165) is 12.0 Å². The van der Waals surface area contributed by atoms with Crippen LogP contribution in [0.2, 0.25) is 0 Å². The van der Waals surface area contributed by atoms with Gasteiger partial charge in [-0.2, -0.15) is 0 Å². The number of benzene rings is 2. The second-order valence-electron chi connectivity index (χ2n) is 7.49. The van der Waals surface area contributed by atoms with Gasteiger partial charge in [-0.3, -0.25) is 14.4 Å². The van der Waals surface area contributed by atoms with Crippen molar-refractivity contribution in [3.63, 3.8) is 0 Å². The zero-order chi connectivity index (χ0) is 23.9. The molecule has 8 heteroatoms. The van der Waals surface area contributed by atoms with E-state index < -0.39 is 10.9 Å². The lowest BCUT2D eigenvalue weighted by molar-refractivity contribution is -0.111. The number of hydrogen-bond acceptors (Lipinski definition) is 7. The highest BCUT2D eigenvalue weighted by molar-refractivity contribution is 6.01. The van der Waals surface area contributed by atoms with Crippen LogP contribution >= 0.6 is 0 Å². The molecule has 0 saturated heterocycles. The Morgan fingerprint density at radius 3 is 2.35 bits per heavy atom. The van der Waals surface area contributed by atoms with Gasteiger partial charge in [0.05, 0.1) is 11.4 Å². The molecule has 34 heavy (non-hydrogen) atoms. The highest BCUT2D eigenvalue weighted by Crippen LogP contribution is 2.27. The lowest BCUT2D eigenvalue weighted by Crippen LogP contribution is -2.37. The summed E-state index contributed by atoms with van der Waals surface area (Å²) in [6.45, 7) is 3.99. The normalized spacial score (nSPS) is 10.5. The molecule has 0 fully saturated rings. The monoisotopic (exact) mass is 453 g/mol. The topological polar surface area (TPSA) is 112 Å². The van der Waals surface area contributed by atoms with Crippen molar-refractivity contribution in [3.8, 4) is 0 Å². The van der Waals surface area contributed by atoms with Gasteiger partial charge in [0.1, 0.15) is 17.2 Å². The number of pyridine rings is 1. The Morgan fingerprint density at radius 1 is 0.882 bits per heavy atom. The number of para-hydroxylation sites is 2. The molecule has 4 aromatic rings. The van der Waals surface area contributed by atoms with E-state index in [4.69, 9.17) is 0 Å². The molecule has 0 spiro atoms. The van der Waals surface area contributed by atoms with Crippen LogP contribution in [0.1, 0.15) is 5.56 Å². The number of amides is 1. The van der Waals surface area contributed by atoms with Crippen molar-refractivity contribution < 1.29 is 4.79 Å². The molecule has 0 unspecified atom stereocenters. The molecular weight excluding hydrogens is 430 g/mol. The molecule has 0 radical (unpaired) electrons. The molecule has 0 bridgehead atoms. The number of aromatic nitrogens is 1. The summed E-state index contributed by atoms with van der Waals surface area (Å²) in [7, 11) is 0. The standard InChI is InChI=1S/C26H23N5O3/c1-2-22(32)31-20-11-7-6-10-19(20)30-21-16-18(13-15-27-21)29-24-23(25(33)26(24)34)28-14-12-17-8-4-3-5-9-17/h2-11,13,15-16,28H,1,12,14H2,(H,31,32)(H2,27,29,30). The SMILES string of the molecule is C=CC(=O)Nc1ccccc1Nc1cc(Nc2c(NCCc3ccccc3)c(=O)c2=O)ccn1. The summed E-state index contributed by atoms with van der Waals surface area (Å²) in [5.41, 5.74) is 2.35. The van der Waals surface area contributed by atoms with E-state index in [1.54, 1.807) is 36.5 Å².